The molecule has 1 aromatic rings. The van der Waals surface area contributed by atoms with Crippen LogP contribution in [-0.4, -0.2) is 36.9 Å². The van der Waals surface area contributed by atoms with Crippen molar-refractivity contribution >= 4 is 17.9 Å². The van der Waals surface area contributed by atoms with Gasteiger partial charge in [-0.25, -0.2) is 0 Å². The first-order valence-corrected chi connectivity index (χ1v) is 6.89. The minimum atomic E-state index is -0.313. The standard InChI is InChI=1S/C16H20N2O3/c1-11-3-5-14(21-2)13(7-11)4-6-16(20)18-9-12(10-18)8-15(17)19/h3-7,12H,8-10H2,1-2H3,(H2,17,19)/b6-4+. The SMILES string of the molecule is COc1ccc(C)cc1/C=C/C(=O)N1CC(CC(N)=O)C1. The van der Waals surface area contributed by atoms with Crippen molar-refractivity contribution in [3.05, 3.63) is 35.4 Å². The summed E-state index contributed by atoms with van der Waals surface area (Å²) in [5.74, 6) is 0.569. The molecule has 0 bridgehead atoms. The summed E-state index contributed by atoms with van der Waals surface area (Å²) in [6.45, 7) is 3.18. The van der Waals surface area contributed by atoms with Crippen molar-refractivity contribution in [2.24, 2.45) is 11.7 Å². The molecule has 0 aromatic heterocycles. The van der Waals surface area contributed by atoms with Gasteiger partial charge in [0.05, 0.1) is 7.11 Å². The molecule has 1 aromatic carbocycles. The van der Waals surface area contributed by atoms with Crippen LogP contribution in [0.5, 0.6) is 5.75 Å². The maximum Gasteiger partial charge on any atom is 0.246 e. The van der Waals surface area contributed by atoms with Crippen molar-refractivity contribution in [3.8, 4) is 5.75 Å². The number of nitrogens with zero attached hydrogens (tertiary/aromatic N) is 1. The highest BCUT2D eigenvalue weighted by Gasteiger charge is 2.30. The van der Waals surface area contributed by atoms with Crippen LogP contribution < -0.4 is 10.5 Å². The Morgan fingerprint density at radius 3 is 2.76 bits per heavy atom. The van der Waals surface area contributed by atoms with Crippen LogP contribution in [0.2, 0.25) is 0 Å². The molecule has 1 fully saturated rings. The Morgan fingerprint density at radius 1 is 1.43 bits per heavy atom. The number of primary amides is 1. The highest BCUT2D eigenvalue weighted by atomic mass is 16.5. The first-order valence-electron chi connectivity index (χ1n) is 6.89. The van der Waals surface area contributed by atoms with E-state index in [2.05, 4.69) is 0 Å². The average Bonchev–Trinajstić information content (AvgIpc) is 2.39. The zero-order valence-electron chi connectivity index (χ0n) is 12.3. The monoisotopic (exact) mass is 288 g/mol. The normalized spacial score (nSPS) is 15.0. The summed E-state index contributed by atoms with van der Waals surface area (Å²) in [6, 6.07) is 5.81. The van der Waals surface area contributed by atoms with Crippen LogP contribution in [0.4, 0.5) is 0 Å². The summed E-state index contributed by atoms with van der Waals surface area (Å²) in [7, 11) is 1.60. The van der Waals surface area contributed by atoms with Gasteiger partial charge in [0, 0.05) is 37.1 Å². The number of hydrogen-bond donors (Lipinski definition) is 1. The summed E-state index contributed by atoms with van der Waals surface area (Å²) in [5, 5.41) is 0. The maximum absolute atomic E-state index is 12.0. The molecule has 1 aliphatic heterocycles. The number of likely N-dealkylation sites (tertiary alicyclic amines) is 1. The largest absolute Gasteiger partial charge is 0.496 e. The van der Waals surface area contributed by atoms with Gasteiger partial charge in [0.2, 0.25) is 11.8 Å². The highest BCUT2D eigenvalue weighted by molar-refractivity contribution is 5.92. The quantitative estimate of drug-likeness (QED) is 0.831. The number of amides is 2. The summed E-state index contributed by atoms with van der Waals surface area (Å²) in [6.07, 6.45) is 3.65. The van der Waals surface area contributed by atoms with E-state index in [1.54, 1.807) is 18.1 Å². The fourth-order valence-electron chi connectivity index (χ4n) is 2.41. The summed E-state index contributed by atoms with van der Waals surface area (Å²) >= 11 is 0. The predicted molar refractivity (Wildman–Crippen MR) is 80.6 cm³/mol. The molecule has 0 atom stereocenters. The van der Waals surface area contributed by atoms with Crippen LogP contribution in [0.15, 0.2) is 24.3 Å². The van der Waals surface area contributed by atoms with Crippen molar-refractivity contribution in [2.45, 2.75) is 13.3 Å². The molecule has 0 aliphatic carbocycles. The van der Waals surface area contributed by atoms with Crippen LogP contribution in [0, 0.1) is 12.8 Å². The smallest absolute Gasteiger partial charge is 0.246 e. The van der Waals surface area contributed by atoms with E-state index in [0.717, 1.165) is 16.9 Å². The molecule has 2 N–H and O–H groups in total. The van der Waals surface area contributed by atoms with E-state index >= 15 is 0 Å². The fourth-order valence-corrected chi connectivity index (χ4v) is 2.41. The number of hydrogen-bond acceptors (Lipinski definition) is 3. The van der Waals surface area contributed by atoms with E-state index in [4.69, 9.17) is 10.5 Å². The number of carbonyl (C=O) groups is 2. The van der Waals surface area contributed by atoms with Crippen LogP contribution in [0.25, 0.3) is 6.08 Å². The third-order valence-electron chi connectivity index (χ3n) is 3.55. The molecule has 0 radical (unpaired) electrons. The number of aryl methyl sites for hydroxylation is 1. The Bertz CT molecular complexity index is 575. The lowest BCUT2D eigenvalue weighted by Gasteiger charge is -2.38. The number of methoxy groups -OCH3 is 1. The highest BCUT2D eigenvalue weighted by Crippen LogP contribution is 2.22. The van der Waals surface area contributed by atoms with Gasteiger partial charge in [-0.3, -0.25) is 9.59 Å². The first kappa shape index (κ1) is 15.1. The van der Waals surface area contributed by atoms with Crippen molar-refractivity contribution < 1.29 is 14.3 Å². The molecule has 5 nitrogen and oxygen atoms in total. The molecule has 2 amide bonds. The summed E-state index contributed by atoms with van der Waals surface area (Å²) in [5.41, 5.74) is 7.11. The van der Waals surface area contributed by atoms with Crippen LogP contribution in [-0.2, 0) is 9.59 Å². The van der Waals surface area contributed by atoms with E-state index < -0.39 is 0 Å². The Labute approximate surface area is 124 Å². The van der Waals surface area contributed by atoms with E-state index in [9.17, 15) is 9.59 Å². The Hall–Kier alpha value is -2.30. The zero-order valence-corrected chi connectivity index (χ0v) is 12.3. The van der Waals surface area contributed by atoms with Crippen molar-refractivity contribution in [3.63, 3.8) is 0 Å². The minimum Gasteiger partial charge on any atom is -0.496 e. The summed E-state index contributed by atoms with van der Waals surface area (Å²) in [4.78, 5) is 24.5. The number of ether oxygens (including phenoxy) is 1. The van der Waals surface area contributed by atoms with Gasteiger partial charge >= 0.3 is 0 Å². The second-order valence-corrected chi connectivity index (χ2v) is 5.36. The van der Waals surface area contributed by atoms with E-state index in [1.807, 2.05) is 25.1 Å². The lowest BCUT2D eigenvalue weighted by molar-refractivity contribution is -0.134. The third-order valence-corrected chi connectivity index (χ3v) is 3.55. The van der Waals surface area contributed by atoms with Gasteiger partial charge in [-0.05, 0) is 25.1 Å². The minimum absolute atomic E-state index is 0.0562. The van der Waals surface area contributed by atoms with Crippen molar-refractivity contribution in [1.29, 1.82) is 0 Å². The van der Waals surface area contributed by atoms with Gasteiger partial charge in [-0.1, -0.05) is 11.6 Å². The number of benzene rings is 1. The van der Waals surface area contributed by atoms with Crippen LogP contribution in [0.1, 0.15) is 17.5 Å². The zero-order chi connectivity index (χ0) is 15.4. The van der Waals surface area contributed by atoms with Gasteiger partial charge in [0.25, 0.3) is 0 Å². The maximum atomic E-state index is 12.0. The molecule has 0 saturated carbocycles. The molecule has 2 rings (SSSR count). The van der Waals surface area contributed by atoms with Crippen LogP contribution in [0.3, 0.4) is 0 Å². The Balaban J connectivity index is 1.95. The van der Waals surface area contributed by atoms with Gasteiger partial charge in [-0.15, -0.1) is 0 Å². The second kappa shape index (κ2) is 6.43. The molecule has 5 heteroatoms. The fraction of sp³-hybridized carbons (Fsp3) is 0.375. The molecule has 1 aliphatic rings. The molecule has 0 unspecified atom stereocenters. The van der Waals surface area contributed by atoms with Gasteiger partial charge in [0.15, 0.2) is 0 Å². The molecular formula is C16H20N2O3. The van der Waals surface area contributed by atoms with Gasteiger partial charge in [0.1, 0.15) is 5.75 Å². The second-order valence-electron chi connectivity index (χ2n) is 5.36. The Morgan fingerprint density at radius 2 is 2.14 bits per heavy atom. The molecule has 0 spiro atoms. The molecule has 112 valence electrons. The lowest BCUT2D eigenvalue weighted by Crippen LogP contribution is -2.50. The van der Waals surface area contributed by atoms with Crippen molar-refractivity contribution in [2.75, 3.05) is 20.2 Å². The molecule has 21 heavy (non-hydrogen) atoms. The molecule has 1 heterocycles. The van der Waals surface area contributed by atoms with E-state index in [0.29, 0.717) is 19.5 Å². The summed E-state index contributed by atoms with van der Waals surface area (Å²) < 4.78 is 5.27. The number of carbonyl (C=O) groups excluding carboxylic acids is 2. The lowest BCUT2D eigenvalue weighted by atomic mass is 9.96. The van der Waals surface area contributed by atoms with E-state index in [-0.39, 0.29) is 17.7 Å². The topological polar surface area (TPSA) is 72.6 Å². The van der Waals surface area contributed by atoms with Gasteiger partial charge in [-0.2, -0.15) is 0 Å². The average molecular weight is 288 g/mol. The van der Waals surface area contributed by atoms with Crippen molar-refractivity contribution in [1.82, 2.24) is 4.90 Å². The van der Waals surface area contributed by atoms with Crippen LogP contribution >= 0.6 is 0 Å². The third kappa shape index (κ3) is 3.84. The molecular weight excluding hydrogens is 268 g/mol. The predicted octanol–water partition coefficient (Wildman–Crippen LogP) is 1.35. The van der Waals surface area contributed by atoms with E-state index in [1.165, 1.54) is 6.08 Å². The Kier molecular flexibility index (Phi) is 4.62. The number of rotatable bonds is 5. The van der Waals surface area contributed by atoms with Gasteiger partial charge < -0.3 is 15.4 Å². The number of nitrogens with two attached hydrogens (primary N) is 1. The first-order chi connectivity index (χ1) is 9.99. The molecule has 1 saturated heterocycles.